The highest BCUT2D eigenvalue weighted by atomic mass is 32.2. The highest BCUT2D eigenvalue weighted by Gasteiger charge is 2.27. The molecule has 108 valence electrons. The summed E-state index contributed by atoms with van der Waals surface area (Å²) in [7, 11) is 0. The van der Waals surface area contributed by atoms with E-state index in [0.717, 1.165) is 12.2 Å². The Morgan fingerprint density at radius 2 is 2.00 bits per heavy atom. The van der Waals surface area contributed by atoms with Crippen LogP contribution in [0.25, 0.3) is 0 Å². The molecule has 0 aromatic rings. The Morgan fingerprint density at radius 3 is 2.44 bits per heavy atom. The van der Waals surface area contributed by atoms with Gasteiger partial charge in [-0.05, 0) is 38.4 Å². The van der Waals surface area contributed by atoms with Gasteiger partial charge in [-0.25, -0.2) is 0 Å². The SMILES string of the molecule is CCCCSC(C)C(=O)NC(C)(CN)CC(C)C. The quantitative estimate of drug-likeness (QED) is 0.636. The van der Waals surface area contributed by atoms with Gasteiger partial charge in [0.2, 0.25) is 5.91 Å². The van der Waals surface area contributed by atoms with Gasteiger partial charge < -0.3 is 11.1 Å². The first-order chi connectivity index (χ1) is 8.34. The second-order valence-electron chi connectivity index (χ2n) is 5.72. The highest BCUT2D eigenvalue weighted by molar-refractivity contribution is 8.00. The van der Waals surface area contributed by atoms with Crippen LogP contribution in [0.15, 0.2) is 0 Å². The van der Waals surface area contributed by atoms with Gasteiger partial charge in [0.25, 0.3) is 0 Å². The maximum Gasteiger partial charge on any atom is 0.233 e. The lowest BCUT2D eigenvalue weighted by Gasteiger charge is -2.32. The third-order valence-electron chi connectivity index (χ3n) is 2.97. The number of carbonyl (C=O) groups is 1. The molecule has 0 aromatic carbocycles. The molecule has 0 aromatic heterocycles. The minimum absolute atomic E-state index is 0.00888. The number of rotatable bonds is 9. The first kappa shape index (κ1) is 17.8. The van der Waals surface area contributed by atoms with Crippen LogP contribution in [0.1, 0.15) is 53.9 Å². The van der Waals surface area contributed by atoms with E-state index in [1.54, 1.807) is 11.8 Å². The molecule has 0 radical (unpaired) electrons. The molecule has 0 saturated heterocycles. The van der Waals surface area contributed by atoms with E-state index >= 15 is 0 Å². The van der Waals surface area contributed by atoms with Crippen LogP contribution in [0.2, 0.25) is 0 Å². The van der Waals surface area contributed by atoms with Gasteiger partial charge in [0.05, 0.1) is 5.25 Å². The third kappa shape index (κ3) is 7.27. The summed E-state index contributed by atoms with van der Waals surface area (Å²) in [5.41, 5.74) is 5.53. The van der Waals surface area contributed by atoms with Crippen molar-refractivity contribution >= 4 is 17.7 Å². The molecule has 2 unspecified atom stereocenters. The normalized spacial score (nSPS) is 16.4. The maximum atomic E-state index is 12.1. The van der Waals surface area contributed by atoms with Crippen molar-refractivity contribution in [2.45, 2.75) is 64.7 Å². The minimum Gasteiger partial charge on any atom is -0.349 e. The Morgan fingerprint density at radius 1 is 1.39 bits per heavy atom. The molecule has 3 nitrogen and oxygen atoms in total. The van der Waals surface area contributed by atoms with Crippen molar-refractivity contribution in [2.75, 3.05) is 12.3 Å². The molecule has 2 atom stereocenters. The molecule has 4 heteroatoms. The second-order valence-corrected chi connectivity index (χ2v) is 7.17. The van der Waals surface area contributed by atoms with Gasteiger partial charge in [0.15, 0.2) is 0 Å². The topological polar surface area (TPSA) is 55.1 Å². The summed E-state index contributed by atoms with van der Waals surface area (Å²) in [4.78, 5) is 12.1. The number of nitrogens with one attached hydrogen (secondary N) is 1. The van der Waals surface area contributed by atoms with Gasteiger partial charge >= 0.3 is 0 Å². The highest BCUT2D eigenvalue weighted by Crippen LogP contribution is 2.18. The molecular formula is C14H30N2OS. The molecule has 0 bridgehead atoms. The lowest BCUT2D eigenvalue weighted by molar-refractivity contribution is -0.122. The molecule has 3 N–H and O–H groups in total. The summed E-state index contributed by atoms with van der Waals surface area (Å²) in [6, 6.07) is 0. The first-order valence-electron chi connectivity index (χ1n) is 6.98. The van der Waals surface area contributed by atoms with Crippen LogP contribution in [-0.2, 0) is 4.79 Å². The fourth-order valence-electron chi connectivity index (χ4n) is 1.97. The van der Waals surface area contributed by atoms with E-state index in [1.807, 2.05) is 13.8 Å². The Balaban J connectivity index is 4.24. The molecule has 1 amide bonds. The van der Waals surface area contributed by atoms with Crippen LogP contribution in [0.4, 0.5) is 0 Å². The molecule has 0 heterocycles. The van der Waals surface area contributed by atoms with Crippen molar-refractivity contribution in [3.63, 3.8) is 0 Å². The minimum atomic E-state index is -0.273. The fourth-order valence-corrected chi connectivity index (χ4v) is 2.98. The Kier molecular flexibility index (Phi) is 8.70. The Labute approximate surface area is 117 Å². The van der Waals surface area contributed by atoms with Crippen molar-refractivity contribution in [3.05, 3.63) is 0 Å². The average molecular weight is 274 g/mol. The molecule has 0 aliphatic heterocycles. The predicted molar refractivity (Wildman–Crippen MR) is 81.9 cm³/mol. The molecule has 0 spiro atoms. The first-order valence-corrected chi connectivity index (χ1v) is 8.03. The molecule has 18 heavy (non-hydrogen) atoms. The zero-order valence-electron chi connectivity index (χ0n) is 12.6. The number of carbonyl (C=O) groups excluding carboxylic acids is 1. The van der Waals surface area contributed by atoms with Gasteiger partial charge in [-0.2, -0.15) is 0 Å². The number of hydrogen-bond donors (Lipinski definition) is 2. The molecule has 0 aliphatic carbocycles. The molecule has 0 fully saturated rings. The van der Waals surface area contributed by atoms with E-state index < -0.39 is 0 Å². The van der Waals surface area contributed by atoms with Gasteiger partial charge in [-0.1, -0.05) is 27.2 Å². The van der Waals surface area contributed by atoms with E-state index in [9.17, 15) is 4.79 Å². The van der Waals surface area contributed by atoms with Crippen LogP contribution in [0.5, 0.6) is 0 Å². The smallest absolute Gasteiger partial charge is 0.233 e. The van der Waals surface area contributed by atoms with Crippen molar-refractivity contribution in [2.24, 2.45) is 11.7 Å². The fraction of sp³-hybridized carbons (Fsp3) is 0.929. The van der Waals surface area contributed by atoms with Gasteiger partial charge in [0, 0.05) is 12.1 Å². The summed E-state index contributed by atoms with van der Waals surface area (Å²) in [5, 5.41) is 3.13. The van der Waals surface area contributed by atoms with Crippen molar-refractivity contribution in [3.8, 4) is 0 Å². The van der Waals surface area contributed by atoms with Crippen molar-refractivity contribution in [1.82, 2.24) is 5.32 Å². The van der Waals surface area contributed by atoms with Gasteiger partial charge in [0.1, 0.15) is 0 Å². The predicted octanol–water partition coefficient (Wildman–Crippen LogP) is 2.79. The van der Waals surface area contributed by atoms with Crippen LogP contribution in [0, 0.1) is 5.92 Å². The maximum absolute atomic E-state index is 12.1. The number of hydrogen-bond acceptors (Lipinski definition) is 3. The lowest BCUT2D eigenvalue weighted by atomic mass is 9.90. The van der Waals surface area contributed by atoms with Crippen LogP contribution < -0.4 is 11.1 Å². The van der Waals surface area contributed by atoms with Crippen molar-refractivity contribution in [1.29, 1.82) is 0 Å². The molecule has 0 rings (SSSR count). The van der Waals surface area contributed by atoms with E-state index in [1.165, 1.54) is 12.8 Å². The van der Waals surface area contributed by atoms with Gasteiger partial charge in [-0.15, -0.1) is 11.8 Å². The zero-order valence-corrected chi connectivity index (χ0v) is 13.4. The second kappa shape index (κ2) is 8.81. The summed E-state index contributed by atoms with van der Waals surface area (Å²) >= 11 is 1.73. The van der Waals surface area contributed by atoms with E-state index in [2.05, 4.69) is 26.1 Å². The van der Waals surface area contributed by atoms with Crippen LogP contribution >= 0.6 is 11.8 Å². The zero-order chi connectivity index (χ0) is 14.2. The van der Waals surface area contributed by atoms with E-state index in [4.69, 9.17) is 5.73 Å². The summed E-state index contributed by atoms with van der Waals surface area (Å²) in [6.45, 7) is 11.0. The Bertz CT molecular complexity index is 246. The average Bonchev–Trinajstić information content (AvgIpc) is 2.28. The van der Waals surface area contributed by atoms with E-state index in [0.29, 0.717) is 12.5 Å². The standard InChI is InChI=1S/C14H30N2OS/c1-6-7-8-18-12(4)13(17)16-14(5,10-15)9-11(2)3/h11-12H,6-10,15H2,1-5H3,(H,16,17). The molecule has 0 aliphatic rings. The lowest BCUT2D eigenvalue weighted by Crippen LogP contribution is -2.54. The monoisotopic (exact) mass is 274 g/mol. The van der Waals surface area contributed by atoms with Crippen LogP contribution in [-0.4, -0.2) is 29.0 Å². The summed E-state index contributed by atoms with van der Waals surface area (Å²) in [6.07, 6.45) is 3.26. The van der Waals surface area contributed by atoms with Gasteiger partial charge in [-0.3, -0.25) is 4.79 Å². The summed E-state index contributed by atoms with van der Waals surface area (Å²) in [5.74, 6) is 1.70. The summed E-state index contributed by atoms with van der Waals surface area (Å²) < 4.78 is 0. The number of amides is 1. The number of unbranched alkanes of at least 4 members (excludes halogenated alkanes) is 1. The van der Waals surface area contributed by atoms with Crippen LogP contribution in [0.3, 0.4) is 0 Å². The van der Waals surface area contributed by atoms with Crippen molar-refractivity contribution < 1.29 is 4.79 Å². The number of thioether (sulfide) groups is 1. The Hall–Kier alpha value is -0.220. The number of nitrogens with two attached hydrogens (primary N) is 1. The largest absolute Gasteiger partial charge is 0.349 e. The van der Waals surface area contributed by atoms with E-state index in [-0.39, 0.29) is 16.7 Å². The third-order valence-corrected chi connectivity index (χ3v) is 4.21. The molecule has 0 saturated carbocycles. The molecular weight excluding hydrogens is 244 g/mol.